The van der Waals surface area contributed by atoms with Gasteiger partial charge < -0.3 is 4.90 Å². The summed E-state index contributed by atoms with van der Waals surface area (Å²) in [7, 11) is -1.94. The van der Waals surface area contributed by atoms with E-state index < -0.39 is 10.0 Å². The first-order valence-corrected chi connectivity index (χ1v) is 9.71. The Morgan fingerprint density at radius 2 is 1.92 bits per heavy atom. The Balaban J connectivity index is 2.29. The van der Waals surface area contributed by atoms with Crippen molar-refractivity contribution < 1.29 is 13.2 Å². The van der Waals surface area contributed by atoms with E-state index in [0.29, 0.717) is 17.1 Å². The van der Waals surface area contributed by atoms with Crippen LogP contribution in [-0.4, -0.2) is 32.8 Å². The van der Waals surface area contributed by atoms with Crippen LogP contribution < -0.4 is 4.72 Å². The van der Waals surface area contributed by atoms with Crippen molar-refractivity contribution in [3.8, 4) is 0 Å². The topological polar surface area (TPSA) is 66.5 Å². The summed E-state index contributed by atoms with van der Waals surface area (Å²) in [5.41, 5.74) is 1.99. The maximum absolute atomic E-state index is 12.8. The van der Waals surface area contributed by atoms with Gasteiger partial charge in [-0.1, -0.05) is 36.7 Å². The molecule has 134 valence electrons. The maximum atomic E-state index is 12.8. The Morgan fingerprint density at radius 1 is 1.20 bits per heavy atom. The lowest BCUT2D eigenvalue weighted by Gasteiger charge is -2.19. The molecule has 0 spiro atoms. The third kappa shape index (κ3) is 4.81. The average Bonchev–Trinajstić information content (AvgIpc) is 2.54. The number of nitrogens with zero attached hydrogens (tertiary/aromatic N) is 1. The molecule has 2 aromatic carbocycles. The minimum absolute atomic E-state index is 0.0828. The zero-order valence-corrected chi connectivity index (χ0v) is 16.0. The fraction of sp³-hybridized carbons (Fsp3) is 0.278. The molecule has 0 bridgehead atoms. The standard InChI is InChI=1S/C18H21ClN2O3S/c1-4-20-25(23,24)16-9-8-13(2)17(11-16)18(22)21(3)12-14-6-5-7-15(19)10-14/h5-11,20H,4,12H2,1-3H3. The highest BCUT2D eigenvalue weighted by Crippen LogP contribution is 2.19. The fourth-order valence-corrected chi connectivity index (χ4v) is 3.74. The zero-order valence-electron chi connectivity index (χ0n) is 14.4. The molecule has 1 N–H and O–H groups in total. The number of carbonyl (C=O) groups is 1. The lowest BCUT2D eigenvalue weighted by Crippen LogP contribution is -2.28. The van der Waals surface area contributed by atoms with Crippen LogP contribution in [0.4, 0.5) is 0 Å². The SMILES string of the molecule is CCNS(=O)(=O)c1ccc(C)c(C(=O)N(C)Cc2cccc(Cl)c2)c1. The largest absolute Gasteiger partial charge is 0.337 e. The molecule has 7 heteroatoms. The van der Waals surface area contributed by atoms with Gasteiger partial charge in [0.05, 0.1) is 4.90 Å². The van der Waals surface area contributed by atoms with Crippen molar-refractivity contribution in [2.24, 2.45) is 0 Å². The normalized spacial score (nSPS) is 11.4. The summed E-state index contributed by atoms with van der Waals surface area (Å²) >= 11 is 5.97. The van der Waals surface area contributed by atoms with Crippen molar-refractivity contribution >= 4 is 27.5 Å². The molecule has 2 rings (SSSR count). The third-order valence-electron chi connectivity index (χ3n) is 3.74. The molecule has 0 saturated carbocycles. The van der Waals surface area contributed by atoms with Gasteiger partial charge in [-0.25, -0.2) is 13.1 Å². The number of carbonyl (C=O) groups excluding carboxylic acids is 1. The van der Waals surface area contributed by atoms with E-state index in [1.165, 1.54) is 17.0 Å². The predicted molar refractivity (Wildman–Crippen MR) is 99.3 cm³/mol. The van der Waals surface area contributed by atoms with E-state index in [4.69, 9.17) is 11.6 Å². The Hall–Kier alpha value is -1.89. The smallest absolute Gasteiger partial charge is 0.254 e. The van der Waals surface area contributed by atoms with Gasteiger partial charge in [-0.15, -0.1) is 0 Å². The van der Waals surface area contributed by atoms with Crippen molar-refractivity contribution in [3.63, 3.8) is 0 Å². The monoisotopic (exact) mass is 380 g/mol. The molecule has 0 aliphatic rings. The first kappa shape index (κ1) is 19.4. The number of hydrogen-bond donors (Lipinski definition) is 1. The van der Waals surface area contributed by atoms with E-state index >= 15 is 0 Å². The number of nitrogens with one attached hydrogen (secondary N) is 1. The molecule has 5 nitrogen and oxygen atoms in total. The third-order valence-corrected chi connectivity index (χ3v) is 5.52. The lowest BCUT2D eigenvalue weighted by molar-refractivity contribution is 0.0784. The summed E-state index contributed by atoms with van der Waals surface area (Å²) in [6, 6.07) is 11.8. The fourth-order valence-electron chi connectivity index (χ4n) is 2.46. The van der Waals surface area contributed by atoms with Crippen LogP contribution >= 0.6 is 11.6 Å². The van der Waals surface area contributed by atoms with Crippen molar-refractivity contribution in [2.75, 3.05) is 13.6 Å². The van der Waals surface area contributed by atoms with Gasteiger partial charge in [-0.05, 0) is 42.3 Å². The summed E-state index contributed by atoms with van der Waals surface area (Å²) in [6.45, 7) is 4.15. The second-order valence-corrected chi connectivity index (χ2v) is 7.97. The zero-order chi connectivity index (χ0) is 18.6. The highest BCUT2D eigenvalue weighted by atomic mass is 35.5. The maximum Gasteiger partial charge on any atom is 0.254 e. The molecular formula is C18H21ClN2O3S. The minimum atomic E-state index is -3.61. The number of benzene rings is 2. The number of rotatable bonds is 6. The van der Waals surface area contributed by atoms with Crippen molar-refractivity contribution in [3.05, 3.63) is 64.2 Å². The number of aryl methyl sites for hydroxylation is 1. The lowest BCUT2D eigenvalue weighted by atomic mass is 10.1. The summed E-state index contributed by atoms with van der Waals surface area (Å²) in [5.74, 6) is -0.244. The first-order valence-electron chi connectivity index (χ1n) is 7.85. The molecule has 0 saturated heterocycles. The quantitative estimate of drug-likeness (QED) is 0.836. The van der Waals surface area contributed by atoms with E-state index in [-0.39, 0.29) is 17.3 Å². The molecule has 0 aliphatic heterocycles. The molecule has 0 heterocycles. The average molecular weight is 381 g/mol. The molecule has 1 amide bonds. The second-order valence-electron chi connectivity index (χ2n) is 5.77. The van der Waals surface area contributed by atoms with Crippen molar-refractivity contribution in [1.29, 1.82) is 0 Å². The minimum Gasteiger partial charge on any atom is -0.337 e. The van der Waals surface area contributed by atoms with Gasteiger partial charge in [-0.3, -0.25) is 4.79 Å². The van der Waals surface area contributed by atoms with Gasteiger partial charge in [-0.2, -0.15) is 0 Å². The van der Waals surface area contributed by atoms with Crippen LogP contribution in [0.5, 0.6) is 0 Å². The van der Waals surface area contributed by atoms with Gasteiger partial charge in [0.1, 0.15) is 0 Å². The first-order chi connectivity index (χ1) is 11.7. The molecule has 0 fully saturated rings. The number of halogens is 1. The van der Waals surface area contributed by atoms with Gasteiger partial charge in [0, 0.05) is 30.7 Å². The number of hydrogen-bond acceptors (Lipinski definition) is 3. The molecule has 25 heavy (non-hydrogen) atoms. The molecule has 0 aromatic heterocycles. The summed E-state index contributed by atoms with van der Waals surface area (Å²) in [6.07, 6.45) is 0. The van der Waals surface area contributed by atoms with E-state index in [9.17, 15) is 13.2 Å². The number of sulfonamides is 1. The van der Waals surface area contributed by atoms with E-state index in [1.807, 2.05) is 12.1 Å². The van der Waals surface area contributed by atoms with Crippen LogP contribution in [-0.2, 0) is 16.6 Å². The summed E-state index contributed by atoms with van der Waals surface area (Å²) in [4.78, 5) is 14.4. The van der Waals surface area contributed by atoms with Gasteiger partial charge in [0.25, 0.3) is 5.91 Å². The Bertz CT molecular complexity index is 882. The van der Waals surface area contributed by atoms with Crippen molar-refractivity contribution in [2.45, 2.75) is 25.3 Å². The summed E-state index contributed by atoms with van der Waals surface area (Å²) < 4.78 is 26.8. The van der Waals surface area contributed by atoms with Crippen LogP contribution in [0.15, 0.2) is 47.4 Å². The van der Waals surface area contributed by atoms with Gasteiger partial charge in [0.15, 0.2) is 0 Å². The molecular weight excluding hydrogens is 360 g/mol. The molecule has 0 radical (unpaired) electrons. The number of amides is 1. The van der Waals surface area contributed by atoms with Crippen molar-refractivity contribution in [1.82, 2.24) is 9.62 Å². The molecule has 0 unspecified atom stereocenters. The van der Waals surface area contributed by atoms with Crippen LogP contribution in [0.25, 0.3) is 0 Å². The van der Waals surface area contributed by atoms with E-state index in [1.54, 1.807) is 39.1 Å². The molecule has 2 aromatic rings. The molecule has 0 atom stereocenters. The predicted octanol–water partition coefficient (Wildman–Crippen LogP) is 3.22. The van der Waals surface area contributed by atoms with Crippen LogP contribution in [0.2, 0.25) is 5.02 Å². The van der Waals surface area contributed by atoms with Gasteiger partial charge in [0.2, 0.25) is 10.0 Å². The van der Waals surface area contributed by atoms with Crippen LogP contribution in [0.1, 0.15) is 28.4 Å². The second kappa shape index (κ2) is 7.99. The van der Waals surface area contributed by atoms with Crippen LogP contribution in [0.3, 0.4) is 0 Å². The van der Waals surface area contributed by atoms with Crippen LogP contribution in [0, 0.1) is 6.92 Å². The Kier molecular flexibility index (Phi) is 6.21. The Morgan fingerprint density at radius 3 is 2.56 bits per heavy atom. The Labute approximate surface area is 153 Å². The highest BCUT2D eigenvalue weighted by Gasteiger charge is 2.19. The van der Waals surface area contributed by atoms with E-state index in [2.05, 4.69) is 4.72 Å². The van der Waals surface area contributed by atoms with Gasteiger partial charge >= 0.3 is 0 Å². The van der Waals surface area contributed by atoms with E-state index in [0.717, 1.165) is 11.1 Å². The summed E-state index contributed by atoms with van der Waals surface area (Å²) in [5, 5.41) is 0.605. The molecule has 0 aliphatic carbocycles. The highest BCUT2D eigenvalue weighted by molar-refractivity contribution is 7.89.